The molecule has 2 rings (SSSR count). The number of halogens is 1. The molecule has 0 spiro atoms. The molecule has 0 bridgehead atoms. The fourth-order valence-electron chi connectivity index (χ4n) is 1.90. The fraction of sp³-hybridized carbons (Fsp3) is 0.286. The van der Waals surface area contributed by atoms with Crippen LogP contribution in [0.4, 0.5) is 5.69 Å². The van der Waals surface area contributed by atoms with Gasteiger partial charge in [0.1, 0.15) is 11.3 Å². The van der Waals surface area contributed by atoms with E-state index in [0.29, 0.717) is 28.5 Å². The highest BCUT2D eigenvalue weighted by Gasteiger charge is 2.19. The number of amides is 1. The number of nitrogens with one attached hydrogen (secondary N) is 1. The molecule has 2 aromatic rings. The topological polar surface area (TPSA) is 55.1 Å². The van der Waals surface area contributed by atoms with E-state index in [4.69, 9.17) is 16.1 Å². The zero-order valence-electron chi connectivity index (χ0n) is 11.1. The largest absolute Gasteiger partial charge is 0.361 e. The third-order valence-corrected chi connectivity index (χ3v) is 3.17. The first-order valence-electron chi connectivity index (χ1n) is 6.05. The van der Waals surface area contributed by atoms with E-state index in [2.05, 4.69) is 10.5 Å². The first-order valence-corrected chi connectivity index (χ1v) is 6.43. The Morgan fingerprint density at radius 1 is 1.42 bits per heavy atom. The lowest BCUT2D eigenvalue weighted by Gasteiger charge is -2.08. The van der Waals surface area contributed by atoms with Crippen LogP contribution in [-0.2, 0) is 6.42 Å². The van der Waals surface area contributed by atoms with E-state index in [9.17, 15) is 4.79 Å². The Morgan fingerprint density at radius 3 is 2.79 bits per heavy atom. The molecule has 0 unspecified atom stereocenters. The SMILES string of the molecule is CCc1noc(C)c1C(=O)Nc1ccc(Cl)cc1C. The number of nitrogens with zero attached hydrogens (tertiary/aromatic N) is 1. The summed E-state index contributed by atoms with van der Waals surface area (Å²) in [4.78, 5) is 12.3. The Balaban J connectivity index is 2.28. The average Bonchev–Trinajstić information content (AvgIpc) is 2.74. The van der Waals surface area contributed by atoms with Crippen LogP contribution in [0.15, 0.2) is 22.7 Å². The summed E-state index contributed by atoms with van der Waals surface area (Å²) in [7, 11) is 0. The van der Waals surface area contributed by atoms with Crippen LogP contribution < -0.4 is 5.32 Å². The number of aryl methyl sites for hydroxylation is 3. The van der Waals surface area contributed by atoms with Crippen molar-refractivity contribution < 1.29 is 9.32 Å². The fourth-order valence-corrected chi connectivity index (χ4v) is 2.13. The monoisotopic (exact) mass is 278 g/mol. The molecule has 100 valence electrons. The molecule has 0 fully saturated rings. The molecular weight excluding hydrogens is 264 g/mol. The lowest BCUT2D eigenvalue weighted by atomic mass is 10.1. The zero-order valence-corrected chi connectivity index (χ0v) is 11.8. The van der Waals surface area contributed by atoms with Gasteiger partial charge in [0.05, 0.1) is 5.69 Å². The number of hydrogen-bond acceptors (Lipinski definition) is 3. The number of carbonyl (C=O) groups is 1. The van der Waals surface area contributed by atoms with E-state index in [0.717, 1.165) is 11.3 Å². The van der Waals surface area contributed by atoms with Crippen molar-refractivity contribution in [3.63, 3.8) is 0 Å². The summed E-state index contributed by atoms with van der Waals surface area (Å²) in [5, 5.41) is 7.38. The minimum Gasteiger partial charge on any atom is -0.361 e. The Morgan fingerprint density at radius 2 is 2.16 bits per heavy atom. The molecule has 0 aliphatic rings. The lowest BCUT2D eigenvalue weighted by molar-refractivity contribution is 0.102. The summed E-state index contributed by atoms with van der Waals surface area (Å²) in [6.45, 7) is 5.56. The Kier molecular flexibility index (Phi) is 3.90. The molecule has 1 N–H and O–H groups in total. The lowest BCUT2D eigenvalue weighted by Crippen LogP contribution is -2.15. The highest BCUT2D eigenvalue weighted by Crippen LogP contribution is 2.22. The van der Waals surface area contributed by atoms with Crippen LogP contribution in [0.2, 0.25) is 5.02 Å². The molecular formula is C14H15ClN2O2. The highest BCUT2D eigenvalue weighted by atomic mass is 35.5. The Labute approximate surface area is 116 Å². The molecule has 0 aliphatic carbocycles. The van der Waals surface area contributed by atoms with Gasteiger partial charge in [-0.2, -0.15) is 0 Å². The zero-order chi connectivity index (χ0) is 14.0. The maximum absolute atomic E-state index is 12.3. The summed E-state index contributed by atoms with van der Waals surface area (Å²) >= 11 is 5.89. The smallest absolute Gasteiger partial charge is 0.261 e. The van der Waals surface area contributed by atoms with Gasteiger partial charge < -0.3 is 9.84 Å². The van der Waals surface area contributed by atoms with Gasteiger partial charge >= 0.3 is 0 Å². The third kappa shape index (κ3) is 2.79. The van der Waals surface area contributed by atoms with E-state index < -0.39 is 0 Å². The molecule has 0 radical (unpaired) electrons. The van der Waals surface area contributed by atoms with E-state index in [1.54, 1.807) is 25.1 Å². The molecule has 19 heavy (non-hydrogen) atoms. The second-order valence-electron chi connectivity index (χ2n) is 4.33. The maximum Gasteiger partial charge on any atom is 0.261 e. The van der Waals surface area contributed by atoms with E-state index in [1.807, 2.05) is 13.8 Å². The van der Waals surface area contributed by atoms with Crippen LogP contribution >= 0.6 is 11.6 Å². The van der Waals surface area contributed by atoms with Gasteiger partial charge in [-0.15, -0.1) is 0 Å². The predicted octanol–water partition coefficient (Wildman–Crippen LogP) is 3.76. The van der Waals surface area contributed by atoms with Crippen molar-refractivity contribution in [2.75, 3.05) is 5.32 Å². The highest BCUT2D eigenvalue weighted by molar-refractivity contribution is 6.30. The van der Waals surface area contributed by atoms with E-state index in [1.165, 1.54) is 0 Å². The maximum atomic E-state index is 12.3. The van der Waals surface area contributed by atoms with E-state index in [-0.39, 0.29) is 5.91 Å². The van der Waals surface area contributed by atoms with Crippen molar-refractivity contribution in [1.82, 2.24) is 5.16 Å². The summed E-state index contributed by atoms with van der Waals surface area (Å²) in [5.74, 6) is 0.321. The number of benzene rings is 1. The van der Waals surface area contributed by atoms with Crippen molar-refractivity contribution >= 4 is 23.2 Å². The van der Waals surface area contributed by atoms with Crippen LogP contribution in [0.1, 0.15) is 34.3 Å². The van der Waals surface area contributed by atoms with Crippen molar-refractivity contribution in [2.45, 2.75) is 27.2 Å². The van der Waals surface area contributed by atoms with Gasteiger partial charge in [0.15, 0.2) is 0 Å². The summed E-state index contributed by atoms with van der Waals surface area (Å²) in [5.41, 5.74) is 2.82. The second kappa shape index (κ2) is 5.45. The molecule has 5 heteroatoms. The number of aromatic nitrogens is 1. The second-order valence-corrected chi connectivity index (χ2v) is 4.76. The van der Waals surface area contributed by atoms with Crippen molar-refractivity contribution in [3.05, 3.63) is 45.8 Å². The molecule has 0 aliphatic heterocycles. The van der Waals surface area contributed by atoms with Crippen LogP contribution in [-0.4, -0.2) is 11.1 Å². The first-order chi connectivity index (χ1) is 9.02. The number of rotatable bonds is 3. The minimum absolute atomic E-state index is 0.207. The first kappa shape index (κ1) is 13.6. The van der Waals surface area contributed by atoms with Crippen molar-refractivity contribution in [1.29, 1.82) is 0 Å². The average molecular weight is 279 g/mol. The molecule has 0 atom stereocenters. The van der Waals surface area contributed by atoms with Crippen LogP contribution in [0.5, 0.6) is 0 Å². The van der Waals surface area contributed by atoms with Gasteiger partial charge in [-0.1, -0.05) is 23.7 Å². The molecule has 1 amide bonds. The normalized spacial score (nSPS) is 10.5. The van der Waals surface area contributed by atoms with Gasteiger partial charge in [-0.25, -0.2) is 0 Å². The Hall–Kier alpha value is -1.81. The van der Waals surface area contributed by atoms with Crippen LogP contribution in [0.3, 0.4) is 0 Å². The molecule has 1 aromatic carbocycles. The number of hydrogen-bond donors (Lipinski definition) is 1. The molecule has 4 nitrogen and oxygen atoms in total. The molecule has 0 saturated carbocycles. The van der Waals surface area contributed by atoms with Gasteiger partial charge in [0, 0.05) is 10.7 Å². The van der Waals surface area contributed by atoms with Crippen LogP contribution in [0.25, 0.3) is 0 Å². The summed E-state index contributed by atoms with van der Waals surface area (Å²) < 4.78 is 5.06. The van der Waals surface area contributed by atoms with Gasteiger partial charge in [0.2, 0.25) is 0 Å². The van der Waals surface area contributed by atoms with Gasteiger partial charge in [0.25, 0.3) is 5.91 Å². The summed E-state index contributed by atoms with van der Waals surface area (Å²) in [6.07, 6.45) is 0.652. The van der Waals surface area contributed by atoms with Gasteiger partial charge in [-0.3, -0.25) is 4.79 Å². The molecule has 1 heterocycles. The van der Waals surface area contributed by atoms with Crippen molar-refractivity contribution in [3.8, 4) is 0 Å². The quantitative estimate of drug-likeness (QED) is 0.930. The Bertz CT molecular complexity index is 620. The van der Waals surface area contributed by atoms with E-state index >= 15 is 0 Å². The number of carbonyl (C=O) groups excluding carboxylic acids is 1. The number of anilines is 1. The standard InChI is InChI=1S/C14H15ClN2O2/c1-4-11-13(9(3)19-17-11)14(18)16-12-6-5-10(15)7-8(12)2/h5-7H,4H2,1-3H3,(H,16,18). The van der Waals surface area contributed by atoms with Crippen LogP contribution in [0, 0.1) is 13.8 Å². The molecule has 0 saturated heterocycles. The predicted molar refractivity (Wildman–Crippen MR) is 74.8 cm³/mol. The third-order valence-electron chi connectivity index (χ3n) is 2.93. The molecule has 1 aromatic heterocycles. The minimum atomic E-state index is -0.207. The van der Waals surface area contributed by atoms with Gasteiger partial charge in [-0.05, 0) is 44.0 Å². The van der Waals surface area contributed by atoms with Crippen molar-refractivity contribution in [2.24, 2.45) is 0 Å². The summed E-state index contributed by atoms with van der Waals surface area (Å²) in [6, 6.07) is 5.33.